The third kappa shape index (κ3) is 6.51. The van der Waals surface area contributed by atoms with Crippen molar-refractivity contribution in [3.63, 3.8) is 0 Å². The van der Waals surface area contributed by atoms with Crippen molar-refractivity contribution in [1.82, 2.24) is 15.3 Å². The topological polar surface area (TPSA) is 102 Å². The highest BCUT2D eigenvalue weighted by Crippen LogP contribution is 2.30. The Labute approximate surface area is 170 Å². The lowest BCUT2D eigenvalue weighted by molar-refractivity contribution is 0.0434. The summed E-state index contributed by atoms with van der Waals surface area (Å²) in [5, 5.41) is 6.32. The number of alkyl carbamates (subject to hydrolysis) is 1. The van der Waals surface area contributed by atoms with E-state index in [0.29, 0.717) is 5.82 Å². The van der Waals surface area contributed by atoms with E-state index in [1.165, 1.54) is 6.20 Å². The van der Waals surface area contributed by atoms with E-state index in [2.05, 4.69) is 20.6 Å². The molecule has 1 saturated carbocycles. The van der Waals surface area contributed by atoms with E-state index in [4.69, 9.17) is 21.1 Å². The third-order valence-electron chi connectivity index (χ3n) is 4.49. The maximum Gasteiger partial charge on any atom is 0.408 e. The molecular formula is C19H29ClN4O4. The van der Waals surface area contributed by atoms with E-state index in [1.807, 2.05) is 27.7 Å². The molecule has 1 aromatic heterocycles. The Morgan fingerprint density at radius 2 is 1.96 bits per heavy atom. The molecule has 8 nitrogen and oxygen atoms in total. The molecule has 1 aliphatic carbocycles. The van der Waals surface area contributed by atoms with Crippen LogP contribution in [0.4, 0.5) is 10.6 Å². The van der Waals surface area contributed by atoms with Gasteiger partial charge in [-0.15, -0.1) is 0 Å². The van der Waals surface area contributed by atoms with E-state index >= 15 is 0 Å². The minimum absolute atomic E-state index is 0.0581. The van der Waals surface area contributed by atoms with Crippen molar-refractivity contribution in [2.24, 2.45) is 0 Å². The van der Waals surface area contributed by atoms with E-state index in [9.17, 15) is 9.59 Å². The van der Waals surface area contributed by atoms with Gasteiger partial charge in [0.1, 0.15) is 17.0 Å². The molecule has 0 atom stereocenters. The van der Waals surface area contributed by atoms with Crippen molar-refractivity contribution in [3.05, 3.63) is 17.0 Å². The molecule has 0 aliphatic heterocycles. The van der Waals surface area contributed by atoms with Crippen molar-refractivity contribution in [2.45, 2.75) is 77.5 Å². The Hall–Kier alpha value is -2.09. The summed E-state index contributed by atoms with van der Waals surface area (Å²) in [4.78, 5) is 32.2. The molecule has 0 spiro atoms. The van der Waals surface area contributed by atoms with Gasteiger partial charge >= 0.3 is 12.1 Å². The van der Waals surface area contributed by atoms with Gasteiger partial charge in [-0.05, 0) is 71.9 Å². The van der Waals surface area contributed by atoms with Gasteiger partial charge in [0.2, 0.25) is 5.28 Å². The largest absolute Gasteiger partial charge is 0.462 e. The maximum atomic E-state index is 12.1. The summed E-state index contributed by atoms with van der Waals surface area (Å²) in [5.41, 5.74) is -0.616. The van der Waals surface area contributed by atoms with Crippen molar-refractivity contribution in [2.75, 3.05) is 11.9 Å². The number of esters is 1. The number of hydrogen-bond donors (Lipinski definition) is 2. The number of anilines is 1. The predicted molar refractivity (Wildman–Crippen MR) is 107 cm³/mol. The lowest BCUT2D eigenvalue weighted by atomic mass is 9.81. The van der Waals surface area contributed by atoms with Crippen LogP contribution < -0.4 is 10.6 Å². The molecule has 1 heterocycles. The molecule has 1 fully saturated rings. The second-order valence-electron chi connectivity index (χ2n) is 8.23. The smallest absolute Gasteiger partial charge is 0.408 e. The molecule has 0 unspecified atom stereocenters. The van der Waals surface area contributed by atoms with Crippen LogP contribution in [0, 0.1) is 0 Å². The van der Waals surface area contributed by atoms with E-state index in [-0.39, 0.29) is 29.0 Å². The van der Waals surface area contributed by atoms with Crippen LogP contribution in [0.25, 0.3) is 0 Å². The number of aromatic nitrogens is 2. The van der Waals surface area contributed by atoms with Crippen molar-refractivity contribution in [3.8, 4) is 0 Å². The third-order valence-corrected chi connectivity index (χ3v) is 4.67. The second kappa shape index (κ2) is 8.94. The van der Waals surface area contributed by atoms with E-state index in [1.54, 1.807) is 6.92 Å². The van der Waals surface area contributed by atoms with Crippen LogP contribution in [-0.2, 0) is 9.47 Å². The molecular weight excluding hydrogens is 384 g/mol. The van der Waals surface area contributed by atoms with E-state index < -0.39 is 17.7 Å². The molecule has 1 amide bonds. The van der Waals surface area contributed by atoms with Crippen molar-refractivity contribution in [1.29, 1.82) is 0 Å². The van der Waals surface area contributed by atoms with Gasteiger partial charge in [0.05, 0.1) is 6.61 Å². The average Bonchev–Trinajstić information content (AvgIpc) is 2.55. The number of halogens is 1. The summed E-state index contributed by atoms with van der Waals surface area (Å²) in [7, 11) is 0. The summed E-state index contributed by atoms with van der Waals surface area (Å²) in [6, 6.07) is 0.0904. The van der Waals surface area contributed by atoms with Crippen LogP contribution in [0.1, 0.15) is 70.7 Å². The summed E-state index contributed by atoms with van der Waals surface area (Å²) >= 11 is 5.90. The zero-order chi connectivity index (χ0) is 20.9. The predicted octanol–water partition coefficient (Wildman–Crippen LogP) is 3.94. The zero-order valence-electron chi connectivity index (χ0n) is 17.1. The van der Waals surface area contributed by atoms with Crippen molar-refractivity contribution >= 4 is 29.5 Å². The molecule has 1 aromatic rings. The quantitative estimate of drug-likeness (QED) is 0.557. The summed E-state index contributed by atoms with van der Waals surface area (Å²) in [6.07, 6.45) is 4.06. The highest BCUT2D eigenvalue weighted by atomic mass is 35.5. The van der Waals surface area contributed by atoms with Crippen LogP contribution in [0.2, 0.25) is 5.28 Å². The first-order valence-corrected chi connectivity index (χ1v) is 9.86. The second-order valence-corrected chi connectivity index (χ2v) is 8.57. The van der Waals surface area contributed by atoms with Crippen LogP contribution in [0.15, 0.2) is 6.20 Å². The minimum Gasteiger partial charge on any atom is -0.462 e. The molecule has 2 rings (SSSR count). The fourth-order valence-corrected chi connectivity index (χ4v) is 3.23. The number of carbonyl (C=O) groups is 2. The first kappa shape index (κ1) is 22.2. The Balaban J connectivity index is 1.98. The summed E-state index contributed by atoms with van der Waals surface area (Å²) in [6.45, 7) is 9.52. The lowest BCUT2D eigenvalue weighted by Gasteiger charge is -2.38. The Morgan fingerprint density at radius 1 is 1.32 bits per heavy atom. The molecule has 156 valence electrons. The van der Waals surface area contributed by atoms with Gasteiger partial charge in [0.25, 0.3) is 0 Å². The van der Waals surface area contributed by atoms with Gasteiger partial charge < -0.3 is 20.1 Å². The number of amides is 1. The van der Waals surface area contributed by atoms with Crippen molar-refractivity contribution < 1.29 is 19.1 Å². The van der Waals surface area contributed by atoms with Gasteiger partial charge in [-0.1, -0.05) is 0 Å². The first-order chi connectivity index (χ1) is 13.0. The monoisotopic (exact) mass is 412 g/mol. The number of nitrogens with one attached hydrogen (secondary N) is 2. The fourth-order valence-electron chi connectivity index (χ4n) is 3.10. The van der Waals surface area contributed by atoms with Crippen LogP contribution in [0.3, 0.4) is 0 Å². The molecule has 0 saturated heterocycles. The number of hydrogen-bond acceptors (Lipinski definition) is 7. The van der Waals surface area contributed by atoms with Gasteiger partial charge in [-0.25, -0.2) is 14.6 Å². The Bertz CT molecular complexity index is 712. The van der Waals surface area contributed by atoms with Crippen LogP contribution >= 0.6 is 11.6 Å². The Morgan fingerprint density at radius 3 is 2.54 bits per heavy atom. The highest BCUT2D eigenvalue weighted by molar-refractivity contribution is 6.28. The minimum atomic E-state index is -0.533. The highest BCUT2D eigenvalue weighted by Gasteiger charge is 2.34. The number of carbonyl (C=O) groups excluding carboxylic acids is 2. The van der Waals surface area contributed by atoms with Crippen LogP contribution in [0.5, 0.6) is 0 Å². The van der Waals surface area contributed by atoms with E-state index in [0.717, 1.165) is 25.7 Å². The molecule has 9 heteroatoms. The van der Waals surface area contributed by atoms with Gasteiger partial charge in [-0.3, -0.25) is 0 Å². The van der Waals surface area contributed by atoms with Gasteiger partial charge in [0, 0.05) is 17.8 Å². The van der Waals surface area contributed by atoms with Gasteiger partial charge in [-0.2, -0.15) is 4.98 Å². The Kier molecular flexibility index (Phi) is 7.09. The maximum absolute atomic E-state index is 12.1. The van der Waals surface area contributed by atoms with Crippen LogP contribution in [-0.4, -0.2) is 45.8 Å². The molecule has 0 aromatic carbocycles. The molecule has 0 radical (unpaired) electrons. The number of nitrogens with zero attached hydrogens (tertiary/aromatic N) is 2. The lowest BCUT2D eigenvalue weighted by Crippen LogP contribution is -2.51. The SMILES string of the molecule is CCOC(=O)c1cnc(Cl)nc1NC1CCC(C)(NC(=O)OC(C)(C)C)CC1. The fraction of sp³-hybridized carbons (Fsp3) is 0.684. The number of ether oxygens (including phenoxy) is 2. The standard InChI is InChI=1S/C19H29ClN4O4/c1-6-27-15(25)13-11-21-16(20)23-14(13)22-12-7-9-19(5,10-8-12)24-17(26)28-18(2,3)4/h11-12H,6-10H2,1-5H3,(H,24,26)(H,21,22,23). The first-order valence-electron chi connectivity index (χ1n) is 9.49. The molecule has 2 N–H and O–H groups in total. The zero-order valence-corrected chi connectivity index (χ0v) is 17.9. The van der Waals surface area contributed by atoms with Gasteiger partial charge in [0.15, 0.2) is 0 Å². The average molecular weight is 413 g/mol. The number of rotatable bonds is 5. The summed E-state index contributed by atoms with van der Waals surface area (Å²) in [5.74, 6) is -0.124. The summed E-state index contributed by atoms with van der Waals surface area (Å²) < 4.78 is 10.4. The molecule has 28 heavy (non-hydrogen) atoms. The normalized spacial score (nSPS) is 22.3. The molecule has 1 aliphatic rings. The molecule has 0 bridgehead atoms.